The van der Waals surface area contributed by atoms with Crippen molar-refractivity contribution in [3.63, 3.8) is 0 Å². The zero-order valence-corrected chi connectivity index (χ0v) is 17.5. The summed E-state index contributed by atoms with van der Waals surface area (Å²) in [7, 11) is 0. The number of hydrogen-bond acceptors (Lipinski definition) is 2. The van der Waals surface area contributed by atoms with Crippen LogP contribution < -0.4 is 10.6 Å². The third kappa shape index (κ3) is 15.2. The number of rotatable bonds is 17. The number of anilines is 1. The Morgan fingerprint density at radius 3 is 1.67 bits per heavy atom. The van der Waals surface area contributed by atoms with Crippen LogP contribution >= 0.6 is 0 Å². The van der Waals surface area contributed by atoms with Gasteiger partial charge in [0.05, 0.1) is 0 Å². The first kappa shape index (κ1) is 23.5. The van der Waals surface area contributed by atoms with Gasteiger partial charge in [0.25, 0.3) is 0 Å². The molecule has 0 atom stereocenters. The van der Waals surface area contributed by atoms with Crippen LogP contribution in [-0.2, 0) is 0 Å². The van der Waals surface area contributed by atoms with Crippen LogP contribution in [0.4, 0.5) is 10.5 Å². The largest absolute Gasteiger partial charge is 0.338 e. The molecule has 1 heterocycles. The van der Waals surface area contributed by atoms with E-state index in [4.69, 9.17) is 0 Å². The molecular weight excluding hydrogens is 334 g/mol. The standard InChI is InChI=1S/C23H41N3O/c1-2-3-4-5-6-7-8-9-10-11-12-13-14-15-16-19-25-23(27)26-22-17-20-24-21-18-22/h17-18,20-21H,2-16,19H2,1H3,(H2,24,25,26,27). The molecule has 2 N–H and O–H groups in total. The third-order valence-electron chi connectivity index (χ3n) is 5.00. The van der Waals surface area contributed by atoms with E-state index in [0.717, 1.165) is 18.7 Å². The number of nitrogens with zero attached hydrogens (tertiary/aromatic N) is 1. The Kier molecular flexibility index (Phi) is 15.5. The summed E-state index contributed by atoms with van der Waals surface area (Å²) in [5, 5.41) is 5.71. The Morgan fingerprint density at radius 2 is 1.19 bits per heavy atom. The normalized spacial score (nSPS) is 10.7. The van der Waals surface area contributed by atoms with Crippen LogP contribution in [0.15, 0.2) is 24.5 Å². The third-order valence-corrected chi connectivity index (χ3v) is 5.00. The summed E-state index contributed by atoms with van der Waals surface area (Å²) in [5.74, 6) is 0. The maximum atomic E-state index is 11.7. The van der Waals surface area contributed by atoms with E-state index in [-0.39, 0.29) is 6.03 Å². The van der Waals surface area contributed by atoms with E-state index in [1.807, 2.05) is 0 Å². The highest BCUT2D eigenvalue weighted by molar-refractivity contribution is 5.88. The van der Waals surface area contributed by atoms with Crippen molar-refractivity contribution >= 4 is 11.7 Å². The molecule has 4 heteroatoms. The van der Waals surface area contributed by atoms with Crippen molar-refractivity contribution in [2.24, 2.45) is 0 Å². The Labute approximate surface area is 166 Å². The van der Waals surface area contributed by atoms with Gasteiger partial charge in [-0.25, -0.2) is 4.79 Å². The number of carbonyl (C=O) groups is 1. The number of urea groups is 1. The molecule has 0 aromatic carbocycles. The molecule has 0 radical (unpaired) electrons. The van der Waals surface area contributed by atoms with Gasteiger partial charge in [-0.15, -0.1) is 0 Å². The highest BCUT2D eigenvalue weighted by atomic mass is 16.2. The molecule has 0 fully saturated rings. The summed E-state index contributed by atoms with van der Waals surface area (Å²) in [6, 6.07) is 3.44. The lowest BCUT2D eigenvalue weighted by Crippen LogP contribution is -2.29. The van der Waals surface area contributed by atoms with Crippen LogP contribution in [0.25, 0.3) is 0 Å². The van der Waals surface area contributed by atoms with E-state index in [2.05, 4.69) is 22.5 Å². The summed E-state index contributed by atoms with van der Waals surface area (Å²) < 4.78 is 0. The highest BCUT2D eigenvalue weighted by Crippen LogP contribution is 2.13. The van der Waals surface area contributed by atoms with Crippen molar-refractivity contribution in [1.82, 2.24) is 10.3 Å². The maximum Gasteiger partial charge on any atom is 0.319 e. The predicted octanol–water partition coefficient (Wildman–Crippen LogP) is 7.07. The lowest BCUT2D eigenvalue weighted by atomic mass is 10.0. The fourth-order valence-electron chi connectivity index (χ4n) is 3.31. The van der Waals surface area contributed by atoms with Crippen LogP contribution in [0.5, 0.6) is 0 Å². The molecule has 0 saturated carbocycles. The van der Waals surface area contributed by atoms with Gasteiger partial charge in [-0.2, -0.15) is 0 Å². The first-order valence-corrected chi connectivity index (χ1v) is 11.3. The van der Waals surface area contributed by atoms with Crippen molar-refractivity contribution < 1.29 is 4.79 Å². The maximum absolute atomic E-state index is 11.7. The fraction of sp³-hybridized carbons (Fsp3) is 0.739. The van der Waals surface area contributed by atoms with Crippen molar-refractivity contribution in [2.45, 2.75) is 103 Å². The van der Waals surface area contributed by atoms with E-state index in [9.17, 15) is 4.79 Å². The Balaban J connectivity index is 1.76. The van der Waals surface area contributed by atoms with Gasteiger partial charge in [0.2, 0.25) is 0 Å². The number of carbonyl (C=O) groups excluding carboxylic acids is 1. The number of unbranched alkanes of at least 4 members (excludes halogenated alkanes) is 14. The molecule has 154 valence electrons. The Bertz CT molecular complexity index is 450. The van der Waals surface area contributed by atoms with Crippen molar-refractivity contribution in [3.05, 3.63) is 24.5 Å². The summed E-state index contributed by atoms with van der Waals surface area (Å²) in [5.41, 5.74) is 0.777. The quantitative estimate of drug-likeness (QED) is 0.286. The molecule has 0 unspecified atom stereocenters. The lowest BCUT2D eigenvalue weighted by Gasteiger charge is -2.07. The number of aromatic nitrogens is 1. The van der Waals surface area contributed by atoms with E-state index < -0.39 is 0 Å². The molecule has 27 heavy (non-hydrogen) atoms. The average Bonchev–Trinajstić information content (AvgIpc) is 2.68. The van der Waals surface area contributed by atoms with Gasteiger partial charge in [-0.3, -0.25) is 4.98 Å². The molecule has 0 aliphatic heterocycles. The molecule has 4 nitrogen and oxygen atoms in total. The van der Waals surface area contributed by atoms with Gasteiger partial charge in [0.1, 0.15) is 0 Å². The molecule has 1 rings (SSSR count). The number of hydrogen-bond donors (Lipinski definition) is 2. The fourth-order valence-corrected chi connectivity index (χ4v) is 3.31. The minimum Gasteiger partial charge on any atom is -0.338 e. The molecular formula is C23H41N3O. The van der Waals surface area contributed by atoms with Gasteiger partial charge in [0.15, 0.2) is 0 Å². The molecule has 0 aliphatic rings. The van der Waals surface area contributed by atoms with Crippen molar-refractivity contribution in [3.8, 4) is 0 Å². The first-order valence-electron chi connectivity index (χ1n) is 11.3. The minimum atomic E-state index is -0.133. The van der Waals surface area contributed by atoms with Crippen LogP contribution in [0.1, 0.15) is 103 Å². The van der Waals surface area contributed by atoms with Gasteiger partial charge in [0, 0.05) is 24.6 Å². The summed E-state index contributed by atoms with van der Waals surface area (Å²) >= 11 is 0. The number of nitrogens with one attached hydrogen (secondary N) is 2. The highest BCUT2D eigenvalue weighted by Gasteiger charge is 2.00. The van der Waals surface area contributed by atoms with E-state index in [1.54, 1.807) is 24.5 Å². The van der Waals surface area contributed by atoms with Crippen LogP contribution in [-0.4, -0.2) is 17.6 Å². The second kappa shape index (κ2) is 17.8. The minimum absolute atomic E-state index is 0.133. The second-order valence-electron chi connectivity index (χ2n) is 7.57. The monoisotopic (exact) mass is 375 g/mol. The molecule has 0 bridgehead atoms. The van der Waals surface area contributed by atoms with E-state index in [1.165, 1.54) is 89.9 Å². The van der Waals surface area contributed by atoms with Crippen LogP contribution in [0.3, 0.4) is 0 Å². The Hall–Kier alpha value is -1.58. The summed E-state index contributed by atoms with van der Waals surface area (Å²) in [6.07, 6.45) is 23.7. The van der Waals surface area contributed by atoms with Gasteiger partial charge >= 0.3 is 6.03 Å². The summed E-state index contributed by atoms with van der Waals surface area (Å²) in [4.78, 5) is 15.6. The second-order valence-corrected chi connectivity index (χ2v) is 7.57. The topological polar surface area (TPSA) is 54.0 Å². The van der Waals surface area contributed by atoms with E-state index in [0.29, 0.717) is 0 Å². The first-order chi connectivity index (χ1) is 13.3. The zero-order chi connectivity index (χ0) is 19.4. The molecule has 0 aliphatic carbocycles. The zero-order valence-electron chi connectivity index (χ0n) is 17.5. The van der Waals surface area contributed by atoms with Crippen molar-refractivity contribution in [2.75, 3.05) is 11.9 Å². The van der Waals surface area contributed by atoms with Crippen LogP contribution in [0, 0.1) is 0 Å². The molecule has 0 spiro atoms. The van der Waals surface area contributed by atoms with Crippen LogP contribution in [0.2, 0.25) is 0 Å². The Morgan fingerprint density at radius 1 is 0.741 bits per heavy atom. The van der Waals surface area contributed by atoms with E-state index >= 15 is 0 Å². The van der Waals surface area contributed by atoms with Gasteiger partial charge in [-0.05, 0) is 18.6 Å². The number of pyridine rings is 1. The molecule has 0 saturated heterocycles. The molecule has 2 amide bonds. The predicted molar refractivity (Wildman–Crippen MR) is 116 cm³/mol. The lowest BCUT2D eigenvalue weighted by molar-refractivity contribution is 0.252. The van der Waals surface area contributed by atoms with Gasteiger partial charge in [-0.1, -0.05) is 96.8 Å². The SMILES string of the molecule is CCCCCCCCCCCCCCCCCNC(=O)Nc1ccncc1. The molecule has 1 aromatic heterocycles. The van der Waals surface area contributed by atoms with Crippen molar-refractivity contribution in [1.29, 1.82) is 0 Å². The average molecular weight is 376 g/mol. The molecule has 1 aromatic rings. The van der Waals surface area contributed by atoms with Gasteiger partial charge < -0.3 is 10.6 Å². The number of amides is 2. The smallest absolute Gasteiger partial charge is 0.319 e. The summed E-state index contributed by atoms with van der Waals surface area (Å²) in [6.45, 7) is 3.02.